The molecule has 158 valence electrons. The molecule has 0 aliphatic heterocycles. The monoisotopic (exact) mass is 411 g/mol. The van der Waals surface area contributed by atoms with E-state index in [-0.39, 0.29) is 22.9 Å². The Morgan fingerprint density at radius 2 is 2.03 bits per heavy atom. The van der Waals surface area contributed by atoms with Crippen molar-refractivity contribution in [2.75, 3.05) is 5.32 Å². The number of aromatic nitrogens is 5. The molecule has 10 heteroatoms. The number of carbonyl (C=O) groups is 1. The Morgan fingerprint density at radius 3 is 2.63 bits per heavy atom. The Morgan fingerprint density at radius 1 is 1.27 bits per heavy atom. The number of anilines is 2. The van der Waals surface area contributed by atoms with Crippen molar-refractivity contribution in [3.05, 3.63) is 40.6 Å². The second-order valence-electron chi connectivity index (χ2n) is 8.77. The normalized spacial score (nSPS) is 14.5. The summed E-state index contributed by atoms with van der Waals surface area (Å²) in [6.07, 6.45) is 7.40. The lowest BCUT2D eigenvalue weighted by Gasteiger charge is -2.27. The van der Waals surface area contributed by atoms with Crippen molar-refractivity contribution >= 4 is 23.2 Å². The molecule has 3 aromatic heterocycles. The number of hydrogen-bond donors (Lipinski definition) is 3. The molecule has 3 N–H and O–H groups in total. The van der Waals surface area contributed by atoms with Crippen LogP contribution in [-0.2, 0) is 6.54 Å². The molecule has 0 radical (unpaired) electrons. The van der Waals surface area contributed by atoms with E-state index >= 15 is 0 Å². The Kier molecular flexibility index (Phi) is 4.92. The molecule has 1 aliphatic carbocycles. The molecule has 30 heavy (non-hydrogen) atoms. The highest BCUT2D eigenvalue weighted by atomic mass is 16.3. The molecule has 0 spiro atoms. The maximum Gasteiger partial charge on any atom is 0.291 e. The number of nitrogens with zero attached hydrogens (tertiary/aromatic N) is 5. The number of rotatable bonds is 5. The average molecular weight is 411 g/mol. The first-order valence-electron chi connectivity index (χ1n) is 9.92. The van der Waals surface area contributed by atoms with Gasteiger partial charge < -0.3 is 15.7 Å². The Bertz CT molecular complexity index is 1140. The first kappa shape index (κ1) is 19.9. The lowest BCUT2D eigenvalue weighted by atomic mass is 9.93. The van der Waals surface area contributed by atoms with Crippen LogP contribution in [0.25, 0.3) is 5.65 Å². The molecule has 0 bridgehead atoms. The summed E-state index contributed by atoms with van der Waals surface area (Å²) in [4.78, 5) is 34.0. The molecule has 1 amide bonds. The minimum absolute atomic E-state index is 0.0366. The summed E-state index contributed by atoms with van der Waals surface area (Å²) in [7, 11) is 0. The highest BCUT2D eigenvalue weighted by molar-refractivity contribution is 5.96. The number of nitrogens with one attached hydrogen (secondary N) is 2. The molecule has 10 nitrogen and oxygen atoms in total. The van der Waals surface area contributed by atoms with Gasteiger partial charge in [0.15, 0.2) is 11.4 Å². The number of aromatic hydroxyl groups is 1. The first-order valence-corrected chi connectivity index (χ1v) is 9.92. The van der Waals surface area contributed by atoms with Gasteiger partial charge in [-0.15, -0.1) is 5.10 Å². The third kappa shape index (κ3) is 3.85. The van der Waals surface area contributed by atoms with Crippen LogP contribution in [0.1, 0.15) is 50.4 Å². The zero-order chi connectivity index (χ0) is 21.5. The topological polar surface area (TPSA) is 126 Å². The van der Waals surface area contributed by atoms with Crippen molar-refractivity contribution in [1.82, 2.24) is 29.5 Å². The van der Waals surface area contributed by atoms with Gasteiger partial charge >= 0.3 is 0 Å². The lowest BCUT2D eigenvalue weighted by Crippen LogP contribution is -2.42. The molecule has 0 aromatic carbocycles. The zero-order valence-electron chi connectivity index (χ0n) is 17.2. The van der Waals surface area contributed by atoms with Gasteiger partial charge in [-0.3, -0.25) is 19.1 Å². The summed E-state index contributed by atoms with van der Waals surface area (Å²) in [5.41, 5.74) is -0.819. The van der Waals surface area contributed by atoms with Crippen molar-refractivity contribution < 1.29 is 9.90 Å². The fourth-order valence-electron chi connectivity index (χ4n) is 3.35. The van der Waals surface area contributed by atoms with Crippen LogP contribution in [0.2, 0.25) is 0 Å². The molecule has 3 aromatic rings. The van der Waals surface area contributed by atoms with E-state index in [2.05, 4.69) is 25.7 Å². The van der Waals surface area contributed by atoms with E-state index in [0.717, 1.165) is 23.8 Å². The quantitative estimate of drug-likeness (QED) is 0.586. The predicted molar refractivity (Wildman–Crippen MR) is 111 cm³/mol. The third-order valence-corrected chi connectivity index (χ3v) is 4.97. The van der Waals surface area contributed by atoms with Crippen molar-refractivity contribution in [1.29, 1.82) is 0 Å². The summed E-state index contributed by atoms with van der Waals surface area (Å²) in [6, 6.07) is 1.67. The fraction of sp³-hybridized carbons (Fsp3) is 0.450. The Hall–Kier alpha value is -3.43. The van der Waals surface area contributed by atoms with E-state index in [1.165, 1.54) is 12.4 Å². The molecule has 1 saturated carbocycles. The van der Waals surface area contributed by atoms with Crippen molar-refractivity contribution in [3.8, 4) is 5.88 Å². The summed E-state index contributed by atoms with van der Waals surface area (Å²) in [5.74, 6) is -0.120. The second kappa shape index (κ2) is 7.43. The zero-order valence-corrected chi connectivity index (χ0v) is 17.2. The van der Waals surface area contributed by atoms with E-state index in [0.29, 0.717) is 23.8 Å². The molecule has 0 unspecified atom stereocenters. The van der Waals surface area contributed by atoms with Crippen molar-refractivity contribution in [2.24, 2.45) is 5.41 Å². The maximum absolute atomic E-state index is 13.1. The van der Waals surface area contributed by atoms with Gasteiger partial charge in [0, 0.05) is 31.0 Å². The summed E-state index contributed by atoms with van der Waals surface area (Å²) in [5, 5.41) is 21.0. The van der Waals surface area contributed by atoms with Crippen LogP contribution >= 0.6 is 0 Å². The van der Waals surface area contributed by atoms with Gasteiger partial charge in [-0.05, 0) is 24.7 Å². The van der Waals surface area contributed by atoms with Gasteiger partial charge in [-0.1, -0.05) is 20.8 Å². The van der Waals surface area contributed by atoms with E-state index < -0.39 is 11.5 Å². The van der Waals surface area contributed by atoms with Crippen LogP contribution in [0.3, 0.4) is 0 Å². The van der Waals surface area contributed by atoms with E-state index in [4.69, 9.17) is 0 Å². The standard InChI is InChI=1S/C20H25N7O3/c1-20(2,3)11-26-15-9-13(24-14-10-21-7-8-22-14)25-27(15)19(30)16(18(26)29)17(28)23-12-5-4-6-12/h7-10,12,29H,4-6,11H2,1-3H3,(H,23,28)(H,22,24,25). The molecule has 0 saturated heterocycles. The summed E-state index contributed by atoms with van der Waals surface area (Å²) in [6.45, 7) is 6.39. The van der Waals surface area contributed by atoms with E-state index in [1.807, 2.05) is 20.8 Å². The molecule has 3 heterocycles. The minimum Gasteiger partial charge on any atom is -0.494 e. The maximum atomic E-state index is 13.1. The number of fused-ring (bicyclic) bond motifs is 1. The van der Waals surface area contributed by atoms with Crippen LogP contribution in [0.15, 0.2) is 29.5 Å². The molecule has 1 aliphatic rings. The van der Waals surface area contributed by atoms with Gasteiger partial charge in [-0.25, -0.2) is 4.98 Å². The largest absolute Gasteiger partial charge is 0.494 e. The van der Waals surface area contributed by atoms with Gasteiger partial charge in [0.2, 0.25) is 5.88 Å². The van der Waals surface area contributed by atoms with Gasteiger partial charge in [0.05, 0.1) is 6.20 Å². The van der Waals surface area contributed by atoms with Crippen LogP contribution in [0.4, 0.5) is 11.6 Å². The number of hydrogen-bond acceptors (Lipinski definition) is 7. The molecule has 1 fully saturated rings. The highest BCUT2D eigenvalue weighted by Gasteiger charge is 2.29. The Balaban J connectivity index is 1.83. The first-order chi connectivity index (χ1) is 14.2. The van der Waals surface area contributed by atoms with Crippen LogP contribution < -0.4 is 16.2 Å². The molecule has 0 atom stereocenters. The smallest absolute Gasteiger partial charge is 0.291 e. The number of carbonyl (C=O) groups excluding carboxylic acids is 1. The van der Waals surface area contributed by atoms with Crippen LogP contribution in [0.5, 0.6) is 5.88 Å². The van der Waals surface area contributed by atoms with Gasteiger partial charge in [0.25, 0.3) is 11.5 Å². The molecular formula is C20H25N7O3. The predicted octanol–water partition coefficient (Wildman–Crippen LogP) is 2.06. The number of amides is 1. The van der Waals surface area contributed by atoms with Crippen LogP contribution in [0, 0.1) is 5.41 Å². The molecular weight excluding hydrogens is 386 g/mol. The average Bonchev–Trinajstić information content (AvgIpc) is 3.06. The van der Waals surface area contributed by atoms with Gasteiger partial charge in [-0.2, -0.15) is 4.52 Å². The Labute approximate surface area is 173 Å². The summed E-state index contributed by atoms with van der Waals surface area (Å²) < 4.78 is 2.69. The van der Waals surface area contributed by atoms with Crippen molar-refractivity contribution in [2.45, 2.75) is 52.6 Å². The minimum atomic E-state index is -0.670. The highest BCUT2D eigenvalue weighted by Crippen LogP contribution is 2.27. The van der Waals surface area contributed by atoms with E-state index in [1.54, 1.807) is 16.8 Å². The summed E-state index contributed by atoms with van der Waals surface area (Å²) >= 11 is 0. The second-order valence-corrected chi connectivity index (χ2v) is 8.77. The fourth-order valence-corrected chi connectivity index (χ4v) is 3.35. The van der Waals surface area contributed by atoms with Crippen LogP contribution in [-0.4, -0.2) is 41.2 Å². The third-order valence-electron chi connectivity index (χ3n) is 4.97. The molecule has 4 rings (SSSR count). The van der Waals surface area contributed by atoms with Gasteiger partial charge in [0.1, 0.15) is 11.5 Å². The lowest BCUT2D eigenvalue weighted by molar-refractivity contribution is 0.0910. The van der Waals surface area contributed by atoms with E-state index in [9.17, 15) is 14.7 Å². The SMILES string of the molecule is CC(C)(C)Cn1c(O)c(C(=O)NC2CCC2)c(=O)n2nc(Nc3cnccn3)cc12. The van der Waals surface area contributed by atoms with Crippen molar-refractivity contribution in [3.63, 3.8) is 0 Å².